The molecular weight excluding hydrogens is 260 g/mol. The highest BCUT2D eigenvalue weighted by Gasteiger charge is 2.62. The molecule has 1 unspecified atom stereocenters. The molecule has 0 aliphatic heterocycles. The van der Waals surface area contributed by atoms with Crippen molar-refractivity contribution in [3.05, 3.63) is 35.9 Å². The predicted octanol–water partition coefficient (Wildman–Crippen LogP) is 4.55. The zero-order valence-electron chi connectivity index (χ0n) is 13.6. The maximum Gasteiger partial charge on any atom is 0.313 e. The van der Waals surface area contributed by atoms with Crippen molar-refractivity contribution in [1.29, 1.82) is 0 Å². The summed E-state index contributed by atoms with van der Waals surface area (Å²) in [6, 6.07) is 9.92. The zero-order valence-corrected chi connectivity index (χ0v) is 13.6. The average Bonchev–Trinajstić information content (AvgIpc) is 2.80. The molecule has 2 heteroatoms. The van der Waals surface area contributed by atoms with Gasteiger partial charge in [-0.25, -0.2) is 0 Å². The van der Waals surface area contributed by atoms with E-state index in [9.17, 15) is 4.79 Å². The lowest BCUT2D eigenvalue weighted by Crippen LogP contribution is -2.39. The summed E-state index contributed by atoms with van der Waals surface area (Å²) in [5.74, 6) is 0.445. The fourth-order valence-electron chi connectivity index (χ4n) is 4.43. The Morgan fingerprint density at radius 2 is 1.90 bits per heavy atom. The van der Waals surface area contributed by atoms with Crippen LogP contribution in [0.15, 0.2) is 30.3 Å². The van der Waals surface area contributed by atoms with Crippen molar-refractivity contribution < 1.29 is 9.53 Å². The summed E-state index contributed by atoms with van der Waals surface area (Å²) >= 11 is 0. The Morgan fingerprint density at radius 3 is 2.43 bits per heavy atom. The van der Waals surface area contributed by atoms with E-state index in [1.54, 1.807) is 0 Å². The van der Waals surface area contributed by atoms with Crippen molar-refractivity contribution in [1.82, 2.24) is 0 Å². The van der Waals surface area contributed by atoms with Gasteiger partial charge in [-0.2, -0.15) is 0 Å². The summed E-state index contributed by atoms with van der Waals surface area (Å²) in [6.07, 6.45) is 3.59. The van der Waals surface area contributed by atoms with Crippen molar-refractivity contribution in [2.75, 3.05) is 0 Å². The van der Waals surface area contributed by atoms with E-state index in [0.717, 1.165) is 12.0 Å². The highest BCUT2D eigenvalue weighted by Crippen LogP contribution is 2.66. The van der Waals surface area contributed by atoms with Gasteiger partial charge in [0.2, 0.25) is 0 Å². The first-order valence-corrected chi connectivity index (χ1v) is 8.11. The number of carbonyl (C=O) groups excluding carboxylic acids is 1. The molecule has 114 valence electrons. The van der Waals surface area contributed by atoms with Crippen molar-refractivity contribution in [3.8, 4) is 0 Å². The first-order chi connectivity index (χ1) is 9.86. The number of fused-ring (bicyclic) bond motifs is 2. The van der Waals surface area contributed by atoms with E-state index in [0.29, 0.717) is 5.92 Å². The molecule has 1 aromatic carbocycles. The van der Waals surface area contributed by atoms with E-state index in [4.69, 9.17) is 4.74 Å². The van der Waals surface area contributed by atoms with Crippen LogP contribution in [0.25, 0.3) is 0 Å². The topological polar surface area (TPSA) is 26.3 Å². The van der Waals surface area contributed by atoms with Gasteiger partial charge in [0.1, 0.15) is 6.10 Å². The predicted molar refractivity (Wildman–Crippen MR) is 84.0 cm³/mol. The molecule has 21 heavy (non-hydrogen) atoms. The van der Waals surface area contributed by atoms with Gasteiger partial charge in [-0.05, 0) is 43.1 Å². The molecule has 0 heterocycles. The molecule has 2 bridgehead atoms. The standard InChI is InChI=1S/C19H26O2/c1-13(14-8-6-5-7-9-14)17(20)21-16-12-15-10-11-19(16,4)18(15,2)3/h5-9,13,15-16H,10-12H2,1-4H3/t13?,15-,16-,19+/m1/s1. The largest absolute Gasteiger partial charge is 0.461 e. The van der Waals surface area contributed by atoms with Crippen molar-refractivity contribution in [3.63, 3.8) is 0 Å². The van der Waals surface area contributed by atoms with Crippen LogP contribution in [0.4, 0.5) is 0 Å². The number of benzene rings is 1. The Hall–Kier alpha value is -1.31. The molecular formula is C19H26O2. The summed E-state index contributed by atoms with van der Waals surface area (Å²) in [5.41, 5.74) is 1.47. The second-order valence-electron chi connectivity index (χ2n) is 7.67. The van der Waals surface area contributed by atoms with E-state index in [1.165, 1.54) is 12.8 Å². The molecule has 0 spiro atoms. The van der Waals surface area contributed by atoms with Crippen LogP contribution in [0.3, 0.4) is 0 Å². The summed E-state index contributed by atoms with van der Waals surface area (Å²) in [4.78, 5) is 12.5. The quantitative estimate of drug-likeness (QED) is 0.762. The lowest BCUT2D eigenvalue weighted by Gasteiger charge is -2.38. The number of carbonyl (C=O) groups is 1. The smallest absolute Gasteiger partial charge is 0.313 e. The summed E-state index contributed by atoms with van der Waals surface area (Å²) < 4.78 is 5.96. The summed E-state index contributed by atoms with van der Waals surface area (Å²) in [7, 11) is 0. The molecule has 1 aromatic rings. The number of hydrogen-bond acceptors (Lipinski definition) is 2. The second kappa shape index (κ2) is 4.86. The van der Waals surface area contributed by atoms with Crippen LogP contribution in [-0.2, 0) is 9.53 Å². The molecule has 0 radical (unpaired) electrons. The molecule has 2 nitrogen and oxygen atoms in total. The number of rotatable bonds is 3. The van der Waals surface area contributed by atoms with Gasteiger partial charge in [-0.1, -0.05) is 51.1 Å². The highest BCUT2D eigenvalue weighted by molar-refractivity contribution is 5.77. The van der Waals surface area contributed by atoms with E-state index in [1.807, 2.05) is 37.3 Å². The SMILES string of the molecule is CC(C(=O)O[C@@H]1C[C@H]2CC[C@]1(C)C2(C)C)c1ccccc1. The van der Waals surface area contributed by atoms with E-state index in [-0.39, 0.29) is 28.8 Å². The van der Waals surface area contributed by atoms with E-state index >= 15 is 0 Å². The molecule has 4 atom stereocenters. The van der Waals surface area contributed by atoms with Gasteiger partial charge in [-0.3, -0.25) is 4.79 Å². The molecule has 2 saturated carbocycles. The Kier molecular flexibility index (Phi) is 3.38. The third-order valence-electron chi connectivity index (χ3n) is 6.63. The molecule has 3 rings (SSSR count). The maximum atomic E-state index is 12.5. The highest BCUT2D eigenvalue weighted by atomic mass is 16.5. The van der Waals surface area contributed by atoms with Crippen LogP contribution in [0.1, 0.15) is 58.4 Å². The molecule has 2 aliphatic carbocycles. The second-order valence-corrected chi connectivity index (χ2v) is 7.67. The van der Waals surface area contributed by atoms with E-state index < -0.39 is 0 Å². The lowest BCUT2D eigenvalue weighted by molar-refractivity contribution is -0.158. The average molecular weight is 286 g/mol. The Bertz CT molecular complexity index is 534. The lowest BCUT2D eigenvalue weighted by atomic mass is 9.70. The Labute approximate surface area is 127 Å². The van der Waals surface area contributed by atoms with Crippen molar-refractivity contribution in [2.24, 2.45) is 16.7 Å². The van der Waals surface area contributed by atoms with Gasteiger partial charge in [-0.15, -0.1) is 0 Å². The van der Waals surface area contributed by atoms with Gasteiger partial charge in [0.25, 0.3) is 0 Å². The molecule has 2 aliphatic rings. The van der Waals surface area contributed by atoms with Gasteiger partial charge in [0.05, 0.1) is 5.92 Å². The number of esters is 1. The molecule has 0 saturated heterocycles. The summed E-state index contributed by atoms with van der Waals surface area (Å²) in [6.45, 7) is 8.95. The first-order valence-electron chi connectivity index (χ1n) is 8.11. The van der Waals surface area contributed by atoms with Crippen LogP contribution in [0, 0.1) is 16.7 Å². The number of ether oxygens (including phenoxy) is 1. The minimum atomic E-state index is -0.183. The minimum Gasteiger partial charge on any atom is -0.461 e. The van der Waals surface area contributed by atoms with Crippen LogP contribution < -0.4 is 0 Å². The maximum absolute atomic E-state index is 12.5. The van der Waals surface area contributed by atoms with Crippen LogP contribution >= 0.6 is 0 Å². The first kappa shape index (κ1) is 14.6. The van der Waals surface area contributed by atoms with Gasteiger partial charge < -0.3 is 4.74 Å². The molecule has 2 fully saturated rings. The number of hydrogen-bond donors (Lipinski definition) is 0. The Morgan fingerprint density at radius 1 is 1.24 bits per heavy atom. The normalized spacial score (nSPS) is 34.7. The molecule has 0 N–H and O–H groups in total. The van der Waals surface area contributed by atoms with Gasteiger partial charge in [0.15, 0.2) is 0 Å². The third kappa shape index (κ3) is 2.11. The van der Waals surface area contributed by atoms with Crippen molar-refractivity contribution in [2.45, 2.75) is 59.0 Å². The molecule has 0 amide bonds. The van der Waals surface area contributed by atoms with Crippen LogP contribution in [-0.4, -0.2) is 12.1 Å². The zero-order chi connectivity index (χ0) is 15.3. The van der Waals surface area contributed by atoms with Gasteiger partial charge in [0, 0.05) is 5.41 Å². The summed E-state index contributed by atoms with van der Waals surface area (Å²) in [5, 5.41) is 0. The van der Waals surface area contributed by atoms with Crippen LogP contribution in [0.5, 0.6) is 0 Å². The van der Waals surface area contributed by atoms with Crippen LogP contribution in [0.2, 0.25) is 0 Å². The fourth-order valence-corrected chi connectivity index (χ4v) is 4.43. The van der Waals surface area contributed by atoms with Gasteiger partial charge >= 0.3 is 5.97 Å². The molecule has 0 aromatic heterocycles. The van der Waals surface area contributed by atoms with E-state index in [2.05, 4.69) is 20.8 Å². The third-order valence-corrected chi connectivity index (χ3v) is 6.63. The fraction of sp³-hybridized carbons (Fsp3) is 0.632. The minimum absolute atomic E-state index is 0.0734. The monoisotopic (exact) mass is 286 g/mol. The Balaban J connectivity index is 1.72. The van der Waals surface area contributed by atoms with Crippen molar-refractivity contribution >= 4 is 5.97 Å².